The molecule has 0 bridgehead atoms. The highest BCUT2D eigenvalue weighted by molar-refractivity contribution is 7.95. The Morgan fingerprint density at radius 1 is 0.458 bits per heavy atom. The molecule has 0 aromatic heterocycles. The lowest BCUT2D eigenvalue weighted by Gasteiger charge is -2.23. The second kappa shape index (κ2) is 7.80. The number of hydrogen-bond acceptors (Lipinski definition) is 0. The quantitative estimate of drug-likeness (QED) is 0.423. The summed E-state index contributed by atoms with van der Waals surface area (Å²) in [5.74, 6) is 0. The molecule has 24 heavy (non-hydrogen) atoms. The normalized spacial score (nSPS) is 11.0. The second-order valence-corrected chi connectivity index (χ2v) is 10.1. The minimum Gasteiger partial charge on any atom is -1.00 e. The van der Waals surface area contributed by atoms with Gasteiger partial charge in [-0.1, -0.05) is 53.1 Å². The van der Waals surface area contributed by atoms with E-state index in [0.29, 0.717) is 0 Å². The van der Waals surface area contributed by atoms with Crippen molar-refractivity contribution >= 4 is 23.2 Å². The summed E-state index contributed by atoms with van der Waals surface area (Å²) < 4.78 is 0. The van der Waals surface area contributed by atoms with Gasteiger partial charge in [-0.15, -0.1) is 0 Å². The van der Waals surface area contributed by atoms with Crippen LogP contribution >= 0.6 is 7.26 Å². The van der Waals surface area contributed by atoms with E-state index in [1.165, 1.54) is 32.6 Å². The van der Waals surface area contributed by atoms with Gasteiger partial charge in [0.25, 0.3) is 0 Å². The first kappa shape index (κ1) is 19.1. The van der Waals surface area contributed by atoms with Crippen molar-refractivity contribution in [1.29, 1.82) is 0 Å². The molecular formula is C22H24IP. The van der Waals surface area contributed by atoms with Gasteiger partial charge >= 0.3 is 0 Å². The Morgan fingerprint density at radius 2 is 0.667 bits per heavy atom. The van der Waals surface area contributed by atoms with E-state index in [0.717, 1.165) is 0 Å². The summed E-state index contributed by atoms with van der Waals surface area (Å²) in [5.41, 5.74) is 3.94. The van der Waals surface area contributed by atoms with Crippen molar-refractivity contribution in [3.05, 3.63) is 89.5 Å². The number of hydrogen-bond donors (Lipinski definition) is 0. The molecule has 0 fully saturated rings. The van der Waals surface area contributed by atoms with Crippen molar-refractivity contribution in [2.24, 2.45) is 0 Å². The molecular weight excluding hydrogens is 422 g/mol. The molecule has 0 N–H and O–H groups in total. The zero-order valence-electron chi connectivity index (χ0n) is 14.8. The summed E-state index contributed by atoms with van der Waals surface area (Å²) >= 11 is 0. The molecule has 0 aliphatic carbocycles. The minimum absolute atomic E-state index is 0. The first-order valence-corrected chi connectivity index (χ1v) is 10.3. The molecule has 2 heteroatoms. The van der Waals surface area contributed by atoms with E-state index >= 15 is 0 Å². The molecule has 0 atom stereocenters. The maximum atomic E-state index is 2.44. The van der Waals surface area contributed by atoms with Gasteiger partial charge < -0.3 is 24.0 Å². The van der Waals surface area contributed by atoms with E-state index in [1.807, 2.05) is 0 Å². The lowest BCUT2D eigenvalue weighted by Crippen LogP contribution is -3.00. The van der Waals surface area contributed by atoms with Crippen molar-refractivity contribution in [2.75, 3.05) is 6.66 Å². The number of halogens is 1. The van der Waals surface area contributed by atoms with Gasteiger partial charge in [-0.25, -0.2) is 0 Å². The van der Waals surface area contributed by atoms with E-state index in [-0.39, 0.29) is 24.0 Å². The molecule has 0 aliphatic rings. The standard InChI is InChI=1S/C22H24P.HI/c1-17-5-11-20(12-6-17)23(4,21-13-7-18(2)8-14-21)22-15-9-19(3)10-16-22;/h5-16H,1-4H3;1H/q+1;/p-1. The molecule has 0 saturated heterocycles. The fourth-order valence-electron chi connectivity index (χ4n) is 2.98. The first-order valence-electron chi connectivity index (χ1n) is 8.08. The highest BCUT2D eigenvalue weighted by Crippen LogP contribution is 2.51. The fourth-order valence-corrected chi connectivity index (χ4v) is 6.11. The third-order valence-electron chi connectivity index (χ3n) is 4.65. The van der Waals surface area contributed by atoms with E-state index in [9.17, 15) is 0 Å². The molecule has 0 saturated carbocycles. The second-order valence-electron chi connectivity index (χ2n) is 6.51. The van der Waals surface area contributed by atoms with Crippen LogP contribution in [0.3, 0.4) is 0 Å². The van der Waals surface area contributed by atoms with E-state index in [4.69, 9.17) is 0 Å². The van der Waals surface area contributed by atoms with Gasteiger partial charge in [0.15, 0.2) is 0 Å². The Hall–Kier alpha value is -1.18. The largest absolute Gasteiger partial charge is 1.00 e. The van der Waals surface area contributed by atoms with E-state index < -0.39 is 7.26 Å². The third-order valence-corrected chi connectivity index (χ3v) is 8.64. The van der Waals surface area contributed by atoms with Gasteiger partial charge in [0.05, 0.1) is 6.66 Å². The number of benzene rings is 3. The van der Waals surface area contributed by atoms with Crippen LogP contribution in [0, 0.1) is 20.8 Å². The van der Waals surface area contributed by atoms with Crippen LogP contribution in [0.25, 0.3) is 0 Å². The molecule has 3 rings (SSSR count). The summed E-state index contributed by atoms with van der Waals surface area (Å²) in [4.78, 5) is 0. The predicted octanol–water partition coefficient (Wildman–Crippen LogP) is 1.54. The van der Waals surface area contributed by atoms with Crippen molar-refractivity contribution in [1.82, 2.24) is 0 Å². The van der Waals surface area contributed by atoms with Crippen molar-refractivity contribution in [3.8, 4) is 0 Å². The monoisotopic (exact) mass is 446 g/mol. The molecule has 0 aliphatic heterocycles. The van der Waals surface area contributed by atoms with Crippen LogP contribution in [0.2, 0.25) is 0 Å². The average molecular weight is 446 g/mol. The summed E-state index contributed by atoms with van der Waals surface area (Å²) in [5, 5.41) is 4.32. The lowest BCUT2D eigenvalue weighted by molar-refractivity contribution is -0.00000479. The third kappa shape index (κ3) is 3.73. The highest BCUT2D eigenvalue weighted by Gasteiger charge is 2.39. The van der Waals surface area contributed by atoms with Crippen LogP contribution in [0.4, 0.5) is 0 Å². The molecule has 0 heterocycles. The Balaban J connectivity index is 0.00000208. The molecule has 124 valence electrons. The number of rotatable bonds is 3. The highest BCUT2D eigenvalue weighted by atomic mass is 127. The molecule has 3 aromatic carbocycles. The summed E-state index contributed by atoms with van der Waals surface area (Å²) in [6.45, 7) is 8.89. The van der Waals surface area contributed by atoms with Crippen molar-refractivity contribution < 1.29 is 24.0 Å². The van der Waals surface area contributed by atoms with Crippen LogP contribution in [0.15, 0.2) is 72.8 Å². The number of aryl methyl sites for hydroxylation is 3. The van der Waals surface area contributed by atoms with Gasteiger partial charge in [0, 0.05) is 0 Å². The van der Waals surface area contributed by atoms with Crippen LogP contribution in [-0.4, -0.2) is 6.66 Å². The molecule has 0 unspecified atom stereocenters. The SMILES string of the molecule is Cc1ccc([P+](C)(c2ccc(C)cc2)c2ccc(C)cc2)cc1.[I-]. The van der Waals surface area contributed by atoms with E-state index in [1.54, 1.807) is 0 Å². The van der Waals surface area contributed by atoms with Crippen LogP contribution < -0.4 is 39.9 Å². The summed E-state index contributed by atoms with van der Waals surface area (Å²) in [7, 11) is -1.59. The van der Waals surface area contributed by atoms with Crippen molar-refractivity contribution in [3.63, 3.8) is 0 Å². The molecule has 0 radical (unpaired) electrons. The van der Waals surface area contributed by atoms with Gasteiger partial charge in [-0.3, -0.25) is 0 Å². The van der Waals surface area contributed by atoms with Gasteiger partial charge in [-0.2, -0.15) is 0 Å². The average Bonchev–Trinajstić information content (AvgIpc) is 2.56. The van der Waals surface area contributed by atoms with Gasteiger partial charge in [0.2, 0.25) is 0 Å². The Labute approximate surface area is 163 Å². The molecule has 0 amide bonds. The summed E-state index contributed by atoms with van der Waals surface area (Å²) in [6.07, 6.45) is 0. The van der Waals surface area contributed by atoms with E-state index in [2.05, 4.69) is 100 Å². The first-order chi connectivity index (χ1) is 11.0. The van der Waals surface area contributed by atoms with Gasteiger partial charge in [-0.05, 0) is 57.2 Å². The van der Waals surface area contributed by atoms with Gasteiger partial charge in [0.1, 0.15) is 23.2 Å². The Kier molecular flexibility index (Phi) is 6.22. The lowest BCUT2D eigenvalue weighted by atomic mass is 10.2. The Morgan fingerprint density at radius 3 is 0.875 bits per heavy atom. The predicted molar refractivity (Wildman–Crippen MR) is 105 cm³/mol. The maximum Gasteiger partial charge on any atom is 0.109 e. The van der Waals surface area contributed by atoms with Crippen LogP contribution in [0.5, 0.6) is 0 Å². The fraction of sp³-hybridized carbons (Fsp3) is 0.182. The Bertz CT molecular complexity index is 676. The molecule has 0 nitrogen and oxygen atoms in total. The van der Waals surface area contributed by atoms with Crippen LogP contribution in [-0.2, 0) is 0 Å². The topological polar surface area (TPSA) is 0 Å². The smallest absolute Gasteiger partial charge is 0.109 e. The van der Waals surface area contributed by atoms with Crippen LogP contribution in [0.1, 0.15) is 16.7 Å². The van der Waals surface area contributed by atoms with Crippen molar-refractivity contribution in [2.45, 2.75) is 20.8 Å². The zero-order valence-corrected chi connectivity index (χ0v) is 17.8. The molecule has 3 aromatic rings. The zero-order chi connectivity index (χ0) is 16.4. The maximum absolute atomic E-state index is 2.44. The summed E-state index contributed by atoms with van der Waals surface area (Å²) in [6, 6.07) is 27.2. The molecule has 0 spiro atoms. The minimum atomic E-state index is -1.59.